The van der Waals surface area contributed by atoms with Crippen molar-refractivity contribution >= 4 is 11.4 Å². The minimum Gasteiger partial charge on any atom is -0.478 e. The zero-order valence-electron chi connectivity index (χ0n) is 20.1. The predicted molar refractivity (Wildman–Crippen MR) is 130 cm³/mol. The molecule has 180 valence electrons. The summed E-state index contributed by atoms with van der Waals surface area (Å²) in [4.78, 5) is 19.8. The van der Waals surface area contributed by atoms with Crippen LogP contribution in [0.5, 0.6) is 5.88 Å². The van der Waals surface area contributed by atoms with Gasteiger partial charge < -0.3 is 14.4 Å². The molecule has 0 bridgehead atoms. The van der Waals surface area contributed by atoms with Crippen molar-refractivity contribution in [3.8, 4) is 5.88 Å². The molecule has 0 amide bonds. The van der Waals surface area contributed by atoms with Crippen molar-refractivity contribution in [3.05, 3.63) is 58.3 Å². The lowest BCUT2D eigenvalue weighted by atomic mass is 9.83. The number of ether oxygens (including phenoxy) is 2. The maximum Gasteiger partial charge on any atom is 0.330 e. The summed E-state index contributed by atoms with van der Waals surface area (Å²) in [6, 6.07) is 3.86. The Kier molecular flexibility index (Phi) is 6.47. The molecule has 0 N–H and O–H groups in total. The molecule has 34 heavy (non-hydrogen) atoms. The lowest BCUT2D eigenvalue weighted by Crippen LogP contribution is -2.33. The van der Waals surface area contributed by atoms with Gasteiger partial charge in [-0.25, -0.2) is 9.78 Å². The Labute approximate surface area is 199 Å². The summed E-state index contributed by atoms with van der Waals surface area (Å²) in [5, 5.41) is 9.18. The van der Waals surface area contributed by atoms with E-state index in [1.165, 1.54) is 0 Å². The average Bonchev–Trinajstić information content (AvgIpc) is 3.12. The third-order valence-corrected chi connectivity index (χ3v) is 6.77. The Morgan fingerprint density at radius 2 is 2.06 bits per heavy atom. The quantitative estimate of drug-likeness (QED) is 0.586. The van der Waals surface area contributed by atoms with E-state index < -0.39 is 0 Å². The number of allylic oxidation sites excluding steroid dienone is 2. The molecule has 9 nitrogen and oxygen atoms in total. The van der Waals surface area contributed by atoms with Crippen molar-refractivity contribution in [2.45, 2.75) is 37.3 Å². The van der Waals surface area contributed by atoms with Gasteiger partial charge in [-0.3, -0.25) is 9.13 Å². The van der Waals surface area contributed by atoms with E-state index in [0.29, 0.717) is 31.5 Å². The lowest BCUT2D eigenvalue weighted by Gasteiger charge is -2.32. The van der Waals surface area contributed by atoms with Gasteiger partial charge in [0.05, 0.1) is 12.3 Å². The summed E-state index contributed by atoms with van der Waals surface area (Å²) in [7, 11) is 5.88. The van der Waals surface area contributed by atoms with E-state index in [-0.39, 0.29) is 23.7 Å². The summed E-state index contributed by atoms with van der Waals surface area (Å²) in [5.41, 5.74) is 2.95. The molecule has 4 heterocycles. The second-order valence-electron chi connectivity index (χ2n) is 9.35. The number of hydrogen-bond acceptors (Lipinski definition) is 7. The summed E-state index contributed by atoms with van der Waals surface area (Å²) < 4.78 is 14.9. The third kappa shape index (κ3) is 4.25. The van der Waals surface area contributed by atoms with Gasteiger partial charge in [-0.2, -0.15) is 5.11 Å². The van der Waals surface area contributed by atoms with Gasteiger partial charge in [-0.15, -0.1) is 5.11 Å². The first kappa shape index (κ1) is 22.7. The predicted octanol–water partition coefficient (Wildman–Crippen LogP) is 3.47. The fourth-order valence-electron chi connectivity index (χ4n) is 4.99. The van der Waals surface area contributed by atoms with Crippen LogP contribution < -0.4 is 10.4 Å². The smallest absolute Gasteiger partial charge is 0.330 e. The van der Waals surface area contributed by atoms with Crippen LogP contribution in [0.25, 0.3) is 5.57 Å². The van der Waals surface area contributed by atoms with E-state index in [2.05, 4.69) is 52.4 Å². The number of imidazole rings is 1. The summed E-state index contributed by atoms with van der Waals surface area (Å²) >= 11 is 0. The van der Waals surface area contributed by atoms with E-state index in [1.807, 2.05) is 22.9 Å². The molecule has 0 radical (unpaired) electrons. The van der Waals surface area contributed by atoms with Crippen LogP contribution in [0.15, 0.2) is 51.6 Å². The molecule has 0 saturated carbocycles. The Hall–Kier alpha value is -3.04. The Morgan fingerprint density at radius 1 is 1.24 bits per heavy atom. The van der Waals surface area contributed by atoms with Gasteiger partial charge in [0.1, 0.15) is 6.04 Å². The van der Waals surface area contributed by atoms with E-state index in [1.54, 1.807) is 11.6 Å². The first-order valence-corrected chi connectivity index (χ1v) is 12.0. The number of hydrogen-bond donors (Lipinski definition) is 0. The number of fused-ring (bicyclic) bond motifs is 3. The molecule has 3 aliphatic rings. The summed E-state index contributed by atoms with van der Waals surface area (Å²) in [5.74, 6) is 1.23. The molecule has 2 unspecified atom stereocenters. The van der Waals surface area contributed by atoms with Crippen LogP contribution in [0, 0.1) is 0 Å². The van der Waals surface area contributed by atoms with Crippen LogP contribution in [0.1, 0.15) is 42.5 Å². The molecular weight excluding hydrogens is 432 g/mol. The van der Waals surface area contributed by atoms with Crippen molar-refractivity contribution in [1.29, 1.82) is 0 Å². The lowest BCUT2D eigenvalue weighted by molar-refractivity contribution is 0.0677. The van der Waals surface area contributed by atoms with Crippen molar-refractivity contribution in [2.24, 2.45) is 17.3 Å². The van der Waals surface area contributed by atoms with E-state index in [0.717, 1.165) is 42.6 Å². The molecule has 2 aromatic heterocycles. The van der Waals surface area contributed by atoms with Crippen molar-refractivity contribution in [2.75, 3.05) is 40.5 Å². The second kappa shape index (κ2) is 9.68. The second-order valence-corrected chi connectivity index (χ2v) is 9.35. The summed E-state index contributed by atoms with van der Waals surface area (Å²) in [6.07, 6.45) is 10.7. The highest BCUT2D eigenvalue weighted by atomic mass is 16.5. The molecule has 0 spiro atoms. The van der Waals surface area contributed by atoms with Crippen molar-refractivity contribution in [3.63, 3.8) is 0 Å². The first-order chi connectivity index (χ1) is 16.5. The number of azo groups is 1. The van der Waals surface area contributed by atoms with Gasteiger partial charge in [-0.05, 0) is 50.6 Å². The molecule has 2 aromatic rings. The zero-order chi connectivity index (χ0) is 23.7. The average molecular weight is 465 g/mol. The van der Waals surface area contributed by atoms with Gasteiger partial charge in [-0.1, -0.05) is 18.2 Å². The van der Waals surface area contributed by atoms with Gasteiger partial charge >= 0.3 is 5.69 Å². The molecule has 5 rings (SSSR count). The Balaban J connectivity index is 1.39. The summed E-state index contributed by atoms with van der Waals surface area (Å²) in [6.45, 7) is 2.96. The van der Waals surface area contributed by atoms with Crippen molar-refractivity contribution in [1.82, 2.24) is 19.0 Å². The van der Waals surface area contributed by atoms with Gasteiger partial charge in [0.25, 0.3) is 0 Å². The topological polar surface area (TPSA) is 86.2 Å². The fourth-order valence-corrected chi connectivity index (χ4v) is 4.99. The maximum absolute atomic E-state index is 13.2. The monoisotopic (exact) mass is 464 g/mol. The van der Waals surface area contributed by atoms with Crippen LogP contribution in [0.4, 0.5) is 5.82 Å². The largest absolute Gasteiger partial charge is 0.478 e. The number of nitrogens with zero attached hydrogens (tertiary/aromatic N) is 6. The molecule has 2 aliphatic heterocycles. The van der Waals surface area contributed by atoms with Crippen LogP contribution in [-0.2, 0) is 11.8 Å². The van der Waals surface area contributed by atoms with E-state index >= 15 is 0 Å². The SMILES string of the molecule is CN(C)CCCOc1ccc(C2=CC=CC3c4c(n(C)c(=O)n4C4CCOCC4)N=NC23)cn1. The molecule has 1 aliphatic carbocycles. The Bertz CT molecular complexity index is 1170. The highest BCUT2D eigenvalue weighted by Gasteiger charge is 2.38. The van der Waals surface area contributed by atoms with Crippen LogP contribution in [-0.4, -0.2) is 65.5 Å². The third-order valence-electron chi connectivity index (χ3n) is 6.77. The standard InChI is InChI=1S/C25H32N6O3/c1-29(2)12-5-13-34-21-9-8-17(16-26-21)19-6-4-7-20-22(19)27-28-24-23(20)31(25(32)30(24)3)18-10-14-33-15-11-18/h4,6-9,16,18,20,22H,5,10-15H2,1-3H3. The minimum absolute atomic E-state index is 0.0292. The van der Waals surface area contributed by atoms with Gasteiger partial charge in [0, 0.05) is 51.0 Å². The molecule has 2 atom stereocenters. The van der Waals surface area contributed by atoms with E-state index in [4.69, 9.17) is 9.47 Å². The van der Waals surface area contributed by atoms with Crippen LogP contribution in [0.2, 0.25) is 0 Å². The van der Waals surface area contributed by atoms with Gasteiger partial charge in [0.15, 0.2) is 5.82 Å². The minimum atomic E-state index is -0.195. The fraction of sp³-hybridized carbons (Fsp3) is 0.520. The highest BCUT2D eigenvalue weighted by molar-refractivity contribution is 5.74. The maximum atomic E-state index is 13.2. The molecular formula is C25H32N6O3. The van der Waals surface area contributed by atoms with Crippen LogP contribution >= 0.6 is 0 Å². The van der Waals surface area contributed by atoms with Gasteiger partial charge in [0.2, 0.25) is 5.88 Å². The number of pyridine rings is 1. The molecule has 1 saturated heterocycles. The molecule has 9 heteroatoms. The molecule has 1 fully saturated rings. The number of rotatable bonds is 7. The normalized spacial score (nSPS) is 21.9. The van der Waals surface area contributed by atoms with E-state index in [9.17, 15) is 4.79 Å². The number of aromatic nitrogens is 3. The molecule has 0 aromatic carbocycles. The van der Waals surface area contributed by atoms with Crippen LogP contribution in [0.3, 0.4) is 0 Å². The zero-order valence-corrected chi connectivity index (χ0v) is 20.1. The van der Waals surface area contributed by atoms with Crippen molar-refractivity contribution < 1.29 is 9.47 Å². The first-order valence-electron chi connectivity index (χ1n) is 12.0. The highest BCUT2D eigenvalue weighted by Crippen LogP contribution is 2.44. The Morgan fingerprint density at radius 3 is 2.79 bits per heavy atom.